The highest BCUT2D eigenvalue weighted by Gasteiger charge is 2.43. The molecule has 3 nitrogen and oxygen atoms in total. The van der Waals surface area contributed by atoms with Gasteiger partial charge in [-0.25, -0.2) is 0 Å². The minimum Gasteiger partial charge on any atom is -0.346 e. The van der Waals surface area contributed by atoms with Crippen LogP contribution in [0, 0.1) is 0 Å². The van der Waals surface area contributed by atoms with Crippen molar-refractivity contribution in [3.05, 3.63) is 53.9 Å². The van der Waals surface area contributed by atoms with Crippen LogP contribution in [0.25, 0.3) is 11.1 Å². The zero-order valence-electron chi connectivity index (χ0n) is 12.2. The third-order valence-electron chi connectivity index (χ3n) is 4.40. The molecule has 2 aromatic rings. The molecule has 0 saturated carbocycles. The van der Waals surface area contributed by atoms with E-state index in [1.165, 1.54) is 22.3 Å². The van der Waals surface area contributed by atoms with E-state index >= 15 is 0 Å². The van der Waals surface area contributed by atoms with E-state index in [-0.39, 0.29) is 0 Å². The first-order chi connectivity index (χ1) is 10.3. The number of fused-ring (bicyclic) bond motifs is 3. The van der Waals surface area contributed by atoms with E-state index < -0.39 is 0 Å². The fourth-order valence-electron chi connectivity index (χ4n) is 3.42. The molecule has 0 N–H and O–H groups in total. The van der Waals surface area contributed by atoms with Gasteiger partial charge in [0.2, 0.25) is 0 Å². The Hall–Kier alpha value is -1.81. The summed E-state index contributed by atoms with van der Waals surface area (Å²) in [6.07, 6.45) is 4.88. The predicted octanol–water partition coefficient (Wildman–Crippen LogP) is 3.38. The minimum atomic E-state index is 0.478. The number of aliphatic imine (C=N–C) groups is 1. The number of thioether (sulfide) groups is 1. The predicted molar refractivity (Wildman–Crippen MR) is 88.6 cm³/mol. The maximum Gasteiger partial charge on any atom is 0.159 e. The van der Waals surface area contributed by atoms with Crippen LogP contribution in [0.15, 0.2) is 47.7 Å². The third-order valence-corrected chi connectivity index (χ3v) is 5.81. The summed E-state index contributed by atoms with van der Waals surface area (Å²) in [6, 6.07) is 11.4. The number of pyridine rings is 1. The summed E-state index contributed by atoms with van der Waals surface area (Å²) in [5, 5.41) is 1.76. The Morgan fingerprint density at radius 3 is 2.95 bits per heavy atom. The molecule has 4 rings (SSSR count). The van der Waals surface area contributed by atoms with Crippen LogP contribution in [0.1, 0.15) is 17.2 Å². The second-order valence-corrected chi connectivity index (χ2v) is 6.78. The van der Waals surface area contributed by atoms with Gasteiger partial charge in [-0.3, -0.25) is 9.98 Å². The molecule has 0 bridgehead atoms. The Morgan fingerprint density at radius 1 is 1.29 bits per heavy atom. The molecule has 1 fully saturated rings. The fourth-order valence-corrected chi connectivity index (χ4v) is 4.80. The van der Waals surface area contributed by atoms with Gasteiger partial charge in [0, 0.05) is 31.7 Å². The third kappa shape index (κ3) is 1.97. The largest absolute Gasteiger partial charge is 0.346 e. The van der Waals surface area contributed by atoms with Crippen molar-refractivity contribution in [2.75, 3.05) is 14.1 Å². The lowest BCUT2D eigenvalue weighted by Gasteiger charge is -2.21. The number of amidine groups is 1. The standard InChI is InChI=1S/C17H17N3S/c1-18-17-20(2)16-14-6-5-11(12-4-3-7-19-10-12)8-13(14)9-15(16)21-17/h3-8,10,15-16H,9H2,1-2H3. The highest BCUT2D eigenvalue weighted by atomic mass is 32.2. The first kappa shape index (κ1) is 12.9. The number of nitrogens with zero attached hydrogens (tertiary/aromatic N) is 3. The zero-order valence-corrected chi connectivity index (χ0v) is 13.0. The van der Waals surface area contributed by atoms with E-state index in [1.807, 2.05) is 37.3 Å². The van der Waals surface area contributed by atoms with E-state index in [4.69, 9.17) is 0 Å². The molecule has 2 heterocycles. The molecule has 2 atom stereocenters. The van der Waals surface area contributed by atoms with E-state index in [9.17, 15) is 0 Å². The molecule has 1 aliphatic carbocycles. The van der Waals surface area contributed by atoms with Crippen LogP contribution < -0.4 is 0 Å². The van der Waals surface area contributed by atoms with Crippen LogP contribution in [0.5, 0.6) is 0 Å². The summed E-state index contributed by atoms with van der Waals surface area (Å²) in [6.45, 7) is 0. The van der Waals surface area contributed by atoms with Crippen LogP contribution in [0.4, 0.5) is 0 Å². The second-order valence-electron chi connectivity index (χ2n) is 5.58. The summed E-state index contributed by atoms with van der Waals surface area (Å²) in [7, 11) is 4.04. The van der Waals surface area contributed by atoms with Gasteiger partial charge in [0.05, 0.1) is 6.04 Å². The molecule has 0 radical (unpaired) electrons. The maximum atomic E-state index is 4.39. The van der Waals surface area contributed by atoms with Gasteiger partial charge in [-0.15, -0.1) is 0 Å². The molecular weight excluding hydrogens is 278 g/mol. The molecule has 106 valence electrons. The summed E-state index contributed by atoms with van der Waals surface area (Å²) in [5.74, 6) is 0. The molecular formula is C17H17N3S. The summed E-state index contributed by atoms with van der Waals surface area (Å²) in [4.78, 5) is 10.9. The van der Waals surface area contributed by atoms with Crippen molar-refractivity contribution >= 4 is 16.9 Å². The Morgan fingerprint density at radius 2 is 2.19 bits per heavy atom. The Bertz CT molecular complexity index is 711. The first-order valence-electron chi connectivity index (χ1n) is 7.17. The lowest BCUT2D eigenvalue weighted by Crippen LogP contribution is -2.23. The van der Waals surface area contributed by atoms with Crippen molar-refractivity contribution in [2.45, 2.75) is 17.7 Å². The van der Waals surface area contributed by atoms with Gasteiger partial charge < -0.3 is 4.90 Å². The van der Waals surface area contributed by atoms with Crippen molar-refractivity contribution < 1.29 is 0 Å². The number of hydrogen-bond acceptors (Lipinski definition) is 3. The van der Waals surface area contributed by atoms with Crippen molar-refractivity contribution in [1.29, 1.82) is 0 Å². The first-order valence-corrected chi connectivity index (χ1v) is 8.05. The van der Waals surface area contributed by atoms with Gasteiger partial charge in [-0.05, 0) is 34.7 Å². The lowest BCUT2D eigenvalue weighted by atomic mass is 10.0. The van der Waals surface area contributed by atoms with Crippen molar-refractivity contribution in [3.8, 4) is 11.1 Å². The average Bonchev–Trinajstić information content (AvgIpc) is 3.04. The van der Waals surface area contributed by atoms with Crippen LogP contribution in [-0.4, -0.2) is 34.4 Å². The quantitative estimate of drug-likeness (QED) is 0.807. The molecule has 2 aliphatic rings. The fraction of sp³-hybridized carbons (Fsp3) is 0.294. The highest BCUT2D eigenvalue weighted by molar-refractivity contribution is 8.14. The van der Waals surface area contributed by atoms with Gasteiger partial charge in [-0.2, -0.15) is 0 Å². The van der Waals surface area contributed by atoms with Crippen LogP contribution in [0.3, 0.4) is 0 Å². The van der Waals surface area contributed by atoms with E-state index in [0.29, 0.717) is 11.3 Å². The zero-order chi connectivity index (χ0) is 14.4. The number of rotatable bonds is 1. The van der Waals surface area contributed by atoms with E-state index in [2.05, 4.69) is 46.2 Å². The molecule has 0 spiro atoms. The number of hydrogen-bond donors (Lipinski definition) is 0. The number of benzene rings is 1. The van der Waals surface area contributed by atoms with Crippen molar-refractivity contribution in [1.82, 2.24) is 9.88 Å². The Balaban J connectivity index is 1.73. The second kappa shape index (κ2) is 4.88. The summed E-state index contributed by atoms with van der Waals surface area (Å²) >= 11 is 1.91. The molecule has 4 heteroatoms. The molecule has 1 saturated heterocycles. The molecule has 1 aromatic heterocycles. The van der Waals surface area contributed by atoms with Crippen molar-refractivity contribution in [2.24, 2.45) is 4.99 Å². The Kier molecular flexibility index (Phi) is 3.00. The topological polar surface area (TPSA) is 28.5 Å². The molecule has 1 aliphatic heterocycles. The highest BCUT2D eigenvalue weighted by Crippen LogP contribution is 2.48. The monoisotopic (exact) mass is 295 g/mol. The molecule has 0 amide bonds. The van der Waals surface area contributed by atoms with E-state index in [0.717, 1.165) is 11.6 Å². The lowest BCUT2D eigenvalue weighted by molar-refractivity contribution is 0.402. The van der Waals surface area contributed by atoms with Crippen LogP contribution >= 0.6 is 11.8 Å². The average molecular weight is 295 g/mol. The molecule has 21 heavy (non-hydrogen) atoms. The maximum absolute atomic E-state index is 4.39. The molecule has 1 aromatic carbocycles. The van der Waals surface area contributed by atoms with Gasteiger partial charge in [0.1, 0.15) is 0 Å². The minimum absolute atomic E-state index is 0.478. The van der Waals surface area contributed by atoms with Gasteiger partial charge >= 0.3 is 0 Å². The molecule has 2 unspecified atom stereocenters. The van der Waals surface area contributed by atoms with Gasteiger partial charge in [0.15, 0.2) is 5.17 Å². The van der Waals surface area contributed by atoms with Crippen molar-refractivity contribution in [3.63, 3.8) is 0 Å². The normalized spacial score (nSPS) is 25.2. The summed E-state index contributed by atoms with van der Waals surface area (Å²) in [5.41, 5.74) is 5.38. The Labute approximate surface area is 129 Å². The van der Waals surface area contributed by atoms with Crippen LogP contribution in [0.2, 0.25) is 0 Å². The SMILES string of the molecule is CN=C1SC2Cc3cc(-c4cccnc4)ccc3C2N1C. The van der Waals surface area contributed by atoms with Gasteiger partial charge in [-0.1, -0.05) is 36.0 Å². The smallest absolute Gasteiger partial charge is 0.159 e. The van der Waals surface area contributed by atoms with Gasteiger partial charge in [0.25, 0.3) is 0 Å². The van der Waals surface area contributed by atoms with Crippen LogP contribution in [-0.2, 0) is 6.42 Å². The summed E-state index contributed by atoms with van der Waals surface area (Å²) < 4.78 is 0. The number of aromatic nitrogens is 1. The van der Waals surface area contributed by atoms with E-state index in [1.54, 1.807) is 0 Å².